The second-order valence-corrected chi connectivity index (χ2v) is 3.09. The Morgan fingerprint density at radius 1 is 1.38 bits per heavy atom. The molecule has 0 amide bonds. The zero-order valence-electron chi connectivity index (χ0n) is 7.78. The van der Waals surface area contributed by atoms with Crippen LogP contribution in [0.2, 0.25) is 5.15 Å². The zero-order chi connectivity index (χ0) is 12.5. The van der Waals surface area contributed by atoms with E-state index in [1.165, 1.54) is 0 Å². The Kier molecular flexibility index (Phi) is 3.57. The minimum absolute atomic E-state index is 0.486. The lowest BCUT2D eigenvalue weighted by molar-refractivity contribution is -0.141. The molecule has 1 rings (SSSR count). The Hall–Kier alpha value is -1.11. The van der Waals surface area contributed by atoms with Gasteiger partial charge in [-0.15, -0.1) is 0 Å². The molecule has 1 aromatic heterocycles. The summed E-state index contributed by atoms with van der Waals surface area (Å²) < 4.78 is 66.6. The molecule has 0 fully saturated rings. The average molecular weight is 262 g/mol. The number of ether oxygens (including phenoxy) is 1. The first-order chi connectivity index (χ1) is 7.27. The maximum absolute atomic E-state index is 12.5. The Bertz CT molecular complexity index is 393. The molecule has 0 aromatic carbocycles. The van der Waals surface area contributed by atoms with Gasteiger partial charge in [0.05, 0.1) is 7.11 Å². The second kappa shape index (κ2) is 4.40. The van der Waals surface area contributed by atoms with Gasteiger partial charge in [0, 0.05) is 6.07 Å². The summed E-state index contributed by atoms with van der Waals surface area (Å²) >= 11 is 5.30. The van der Waals surface area contributed by atoms with E-state index in [0.29, 0.717) is 0 Å². The van der Waals surface area contributed by atoms with Crippen molar-refractivity contribution in [2.24, 2.45) is 0 Å². The van der Waals surface area contributed by atoms with Crippen molar-refractivity contribution in [3.63, 3.8) is 0 Å². The molecule has 0 atom stereocenters. The molecule has 0 aliphatic carbocycles. The molecule has 1 aromatic rings. The molecular weight excluding hydrogens is 257 g/mol. The third-order valence-electron chi connectivity index (χ3n) is 1.69. The topological polar surface area (TPSA) is 22.1 Å². The highest BCUT2D eigenvalue weighted by Gasteiger charge is 2.40. The highest BCUT2D eigenvalue weighted by molar-refractivity contribution is 6.29. The van der Waals surface area contributed by atoms with Crippen LogP contribution in [0.15, 0.2) is 6.07 Å². The quantitative estimate of drug-likeness (QED) is 0.598. The van der Waals surface area contributed by atoms with Crippen molar-refractivity contribution in [1.29, 1.82) is 0 Å². The Morgan fingerprint density at radius 2 is 1.94 bits per heavy atom. The predicted molar refractivity (Wildman–Crippen MR) is 45.8 cm³/mol. The maximum atomic E-state index is 12.5. The van der Waals surface area contributed by atoms with E-state index in [2.05, 4.69) is 9.72 Å². The number of halogens is 6. The normalized spacial score (nSPS) is 12.0. The lowest BCUT2D eigenvalue weighted by Gasteiger charge is -2.15. The van der Waals surface area contributed by atoms with Crippen LogP contribution in [-0.2, 0) is 6.18 Å². The van der Waals surface area contributed by atoms with Crippen LogP contribution < -0.4 is 4.74 Å². The van der Waals surface area contributed by atoms with Crippen LogP contribution in [0.1, 0.15) is 17.7 Å². The number of aromatic nitrogens is 1. The monoisotopic (exact) mass is 261 g/mol. The summed E-state index contributed by atoms with van der Waals surface area (Å²) in [4.78, 5) is 2.96. The number of hydrogen-bond donors (Lipinski definition) is 0. The third kappa shape index (κ3) is 2.52. The Morgan fingerprint density at radius 3 is 2.31 bits per heavy atom. The molecule has 0 spiro atoms. The predicted octanol–water partition coefficient (Wildman–Crippen LogP) is 3.70. The van der Waals surface area contributed by atoms with Crippen LogP contribution in [0.3, 0.4) is 0 Å². The summed E-state index contributed by atoms with van der Waals surface area (Å²) in [6.45, 7) is 0. The van der Waals surface area contributed by atoms with Crippen molar-refractivity contribution in [3.8, 4) is 5.75 Å². The first-order valence-corrected chi connectivity index (χ1v) is 4.25. The Labute approximate surface area is 92.0 Å². The molecule has 0 N–H and O–H groups in total. The molecule has 16 heavy (non-hydrogen) atoms. The van der Waals surface area contributed by atoms with E-state index < -0.39 is 34.8 Å². The first-order valence-electron chi connectivity index (χ1n) is 3.87. The van der Waals surface area contributed by atoms with Gasteiger partial charge in [-0.3, -0.25) is 0 Å². The number of rotatable bonds is 2. The zero-order valence-corrected chi connectivity index (χ0v) is 8.53. The fourth-order valence-corrected chi connectivity index (χ4v) is 1.30. The van der Waals surface area contributed by atoms with E-state index in [4.69, 9.17) is 11.6 Å². The van der Waals surface area contributed by atoms with Crippen molar-refractivity contribution in [1.82, 2.24) is 4.98 Å². The molecule has 0 aliphatic heterocycles. The number of nitrogens with zero attached hydrogens (tertiary/aromatic N) is 1. The van der Waals surface area contributed by atoms with E-state index >= 15 is 0 Å². The standard InChI is InChI=1S/C8H5ClF5NO/c1-16-3-2-4(9)15-6(7(10)11)5(3)8(12,13)14/h2,7H,1H3. The van der Waals surface area contributed by atoms with Crippen LogP contribution in [0.4, 0.5) is 22.0 Å². The summed E-state index contributed by atoms with van der Waals surface area (Å²) in [6, 6.07) is 0.732. The van der Waals surface area contributed by atoms with Crippen LogP contribution >= 0.6 is 11.6 Å². The van der Waals surface area contributed by atoms with Gasteiger partial charge in [0.15, 0.2) is 0 Å². The Balaban J connectivity index is 3.52. The van der Waals surface area contributed by atoms with E-state index in [1.807, 2.05) is 0 Å². The number of hydrogen-bond acceptors (Lipinski definition) is 2. The maximum Gasteiger partial charge on any atom is 0.421 e. The first kappa shape index (κ1) is 13.0. The lowest BCUT2D eigenvalue weighted by atomic mass is 10.1. The van der Waals surface area contributed by atoms with Crippen LogP contribution in [0, 0.1) is 0 Å². The summed E-state index contributed by atoms with van der Waals surface area (Å²) in [5.74, 6) is -0.775. The van der Waals surface area contributed by atoms with Crippen LogP contribution in [-0.4, -0.2) is 12.1 Å². The molecule has 0 unspecified atom stereocenters. The molecule has 90 valence electrons. The van der Waals surface area contributed by atoms with E-state index in [1.54, 1.807) is 0 Å². The highest BCUT2D eigenvalue weighted by atomic mass is 35.5. The SMILES string of the molecule is COc1cc(Cl)nc(C(F)F)c1C(F)(F)F. The molecule has 0 saturated carbocycles. The minimum atomic E-state index is -4.98. The van der Waals surface area contributed by atoms with Crippen molar-refractivity contribution < 1.29 is 26.7 Å². The smallest absolute Gasteiger partial charge is 0.421 e. The van der Waals surface area contributed by atoms with Crippen molar-refractivity contribution in [2.45, 2.75) is 12.6 Å². The van der Waals surface area contributed by atoms with Gasteiger partial charge in [-0.1, -0.05) is 11.6 Å². The molecule has 2 nitrogen and oxygen atoms in total. The summed E-state index contributed by atoms with van der Waals surface area (Å²) in [7, 11) is 0.927. The molecule has 1 heterocycles. The summed E-state index contributed by atoms with van der Waals surface area (Å²) in [5.41, 5.74) is -3.04. The summed E-state index contributed by atoms with van der Waals surface area (Å²) in [5, 5.41) is -0.486. The molecule has 0 bridgehead atoms. The largest absolute Gasteiger partial charge is 0.496 e. The van der Waals surface area contributed by atoms with Gasteiger partial charge in [0.1, 0.15) is 22.2 Å². The van der Waals surface area contributed by atoms with Gasteiger partial charge in [0.25, 0.3) is 6.43 Å². The average Bonchev–Trinajstić information content (AvgIpc) is 2.14. The van der Waals surface area contributed by atoms with E-state index in [9.17, 15) is 22.0 Å². The van der Waals surface area contributed by atoms with Gasteiger partial charge in [0.2, 0.25) is 0 Å². The number of methoxy groups -OCH3 is 1. The van der Waals surface area contributed by atoms with Crippen LogP contribution in [0.5, 0.6) is 5.75 Å². The van der Waals surface area contributed by atoms with Gasteiger partial charge >= 0.3 is 6.18 Å². The van der Waals surface area contributed by atoms with Crippen molar-refractivity contribution in [3.05, 3.63) is 22.5 Å². The van der Waals surface area contributed by atoms with E-state index in [0.717, 1.165) is 13.2 Å². The lowest BCUT2D eigenvalue weighted by Crippen LogP contribution is -2.13. The molecule has 0 radical (unpaired) electrons. The fourth-order valence-electron chi connectivity index (χ4n) is 1.11. The minimum Gasteiger partial charge on any atom is -0.496 e. The van der Waals surface area contributed by atoms with Crippen molar-refractivity contribution in [2.75, 3.05) is 7.11 Å². The van der Waals surface area contributed by atoms with Crippen LogP contribution in [0.25, 0.3) is 0 Å². The molecular formula is C8H5ClF5NO. The highest BCUT2D eigenvalue weighted by Crippen LogP contribution is 2.42. The van der Waals surface area contributed by atoms with Gasteiger partial charge in [-0.2, -0.15) is 13.2 Å². The van der Waals surface area contributed by atoms with Gasteiger partial charge in [-0.05, 0) is 0 Å². The summed E-state index contributed by atoms with van der Waals surface area (Å²) in [6.07, 6.45) is -8.36. The molecule has 0 saturated heterocycles. The molecule has 8 heteroatoms. The van der Waals surface area contributed by atoms with E-state index in [-0.39, 0.29) is 0 Å². The fraction of sp³-hybridized carbons (Fsp3) is 0.375. The third-order valence-corrected chi connectivity index (χ3v) is 1.88. The number of pyridine rings is 1. The van der Waals surface area contributed by atoms with Crippen molar-refractivity contribution >= 4 is 11.6 Å². The molecule has 0 aliphatic rings. The van der Waals surface area contributed by atoms with Gasteiger partial charge in [-0.25, -0.2) is 13.8 Å². The second-order valence-electron chi connectivity index (χ2n) is 2.71. The van der Waals surface area contributed by atoms with Gasteiger partial charge < -0.3 is 4.74 Å². The number of alkyl halides is 5.